The molecule has 2 N–H and O–H groups in total. The van der Waals surface area contributed by atoms with Crippen LogP contribution < -0.4 is 62.0 Å². The average Bonchev–Trinajstić information content (AvgIpc) is 2.19. The molecule has 1 atom stereocenters. The molecular weight excluding hydrogens is 368 g/mol. The Morgan fingerprint density at radius 2 is 1.78 bits per heavy atom. The molecule has 0 bridgehead atoms. The summed E-state index contributed by atoms with van der Waals surface area (Å²) in [5.41, 5.74) is 0.859. The van der Waals surface area contributed by atoms with E-state index in [2.05, 4.69) is 10.6 Å². The molecular formula is C11H15KN2OS2Y-2. The Morgan fingerprint density at radius 1 is 1.28 bits per heavy atom. The summed E-state index contributed by atoms with van der Waals surface area (Å²) in [5, 5.41) is 5.22. The number of benzene rings is 1. The van der Waals surface area contributed by atoms with Gasteiger partial charge in [-0.3, -0.25) is 0 Å². The van der Waals surface area contributed by atoms with Gasteiger partial charge in [0, 0.05) is 38.4 Å². The zero-order chi connectivity index (χ0) is 10.4. The van der Waals surface area contributed by atoms with Crippen molar-refractivity contribution >= 4 is 41.9 Å². The Kier molecular flexibility index (Phi) is 25.9. The van der Waals surface area contributed by atoms with Crippen molar-refractivity contribution in [1.82, 2.24) is 5.32 Å². The Labute approximate surface area is 188 Å². The van der Waals surface area contributed by atoms with E-state index in [1.165, 1.54) is 0 Å². The molecule has 0 saturated heterocycles. The average molecular weight is 383 g/mol. The zero-order valence-electron chi connectivity index (χ0n) is 10.8. The number of rotatable bonds is 3. The molecule has 1 unspecified atom stereocenters. The van der Waals surface area contributed by atoms with Gasteiger partial charge in [-0.25, -0.2) is 0 Å². The fourth-order valence-corrected chi connectivity index (χ4v) is 1.29. The first-order valence-corrected chi connectivity index (χ1v) is 4.84. The molecule has 0 fully saturated rings. The van der Waals surface area contributed by atoms with Crippen molar-refractivity contribution in [3.8, 4) is 0 Å². The van der Waals surface area contributed by atoms with E-state index < -0.39 is 5.37 Å². The van der Waals surface area contributed by atoms with Crippen LogP contribution in [0.1, 0.15) is 0 Å². The molecule has 3 nitrogen and oxygen atoms in total. The largest absolute Gasteiger partial charge is 1.00 e. The number of hydrogen-bond donors (Lipinski definition) is 2. The van der Waals surface area contributed by atoms with E-state index in [0.29, 0.717) is 11.4 Å². The van der Waals surface area contributed by atoms with Crippen molar-refractivity contribution in [2.75, 3.05) is 5.32 Å². The molecule has 1 aromatic carbocycles. The second-order valence-electron chi connectivity index (χ2n) is 2.52. The van der Waals surface area contributed by atoms with Crippen LogP contribution in [0.15, 0.2) is 30.3 Å². The molecule has 0 aliphatic heterocycles. The summed E-state index contributed by atoms with van der Waals surface area (Å²) in [6, 6.07) is 9.41. The van der Waals surface area contributed by atoms with Crippen molar-refractivity contribution in [2.45, 2.75) is 5.37 Å². The molecule has 0 spiro atoms. The summed E-state index contributed by atoms with van der Waals surface area (Å²) in [6.07, 6.45) is 0.619. The number of aldehydes is 1. The third kappa shape index (κ3) is 12.7. The summed E-state index contributed by atoms with van der Waals surface area (Å²) in [5.74, 6) is 0. The molecule has 0 aliphatic carbocycles. The molecule has 1 radical (unpaired) electrons. The normalized spacial score (nSPS) is 8.94. The maximum absolute atomic E-state index is 10.2. The van der Waals surface area contributed by atoms with E-state index in [-0.39, 0.29) is 98.9 Å². The van der Waals surface area contributed by atoms with Gasteiger partial charge in [-0.15, -0.1) is 0 Å². The van der Waals surface area contributed by atoms with Crippen molar-refractivity contribution in [2.24, 2.45) is 0 Å². The van der Waals surface area contributed by atoms with Gasteiger partial charge in [-0.05, 0) is 29.7 Å². The van der Waals surface area contributed by atoms with Crippen LogP contribution in [0, 0.1) is 14.9 Å². The monoisotopic (exact) mass is 383 g/mol. The van der Waals surface area contributed by atoms with Crippen LogP contribution in [0.5, 0.6) is 0 Å². The number of thiocarbonyl (C=S) groups is 1. The first-order valence-electron chi connectivity index (χ1n) is 3.96. The van der Waals surface area contributed by atoms with Gasteiger partial charge in [-0.2, -0.15) is 0 Å². The third-order valence-electron chi connectivity index (χ3n) is 1.43. The molecule has 18 heavy (non-hydrogen) atoms. The minimum Gasteiger partial charge on any atom is -0.761 e. The molecule has 1 aromatic rings. The minimum atomic E-state index is -0.682. The molecule has 93 valence electrons. The SMILES string of the molecule is O=CC([S-])NC(=S)Nc1ccccc1.[CH3-].[CH3-].[K+].[Y]. The molecule has 0 aromatic heterocycles. The number of para-hydroxylation sites is 1. The fourth-order valence-electron chi connectivity index (χ4n) is 0.852. The summed E-state index contributed by atoms with van der Waals surface area (Å²) in [6.45, 7) is 0. The van der Waals surface area contributed by atoms with Gasteiger partial charge in [0.1, 0.15) is 6.29 Å². The first-order chi connectivity index (χ1) is 6.72. The Balaban J connectivity index is -0.000000245. The standard InChI is InChI=1S/C9H10N2OS2.2CH3.K.Y/c12-6-8(13)11-9(14)10-7-4-2-1-3-5-7;;;;/h1-6,8,13H,(H2,10,11,14);2*1H3;;/q;2*-1;+1;/p-1. The van der Waals surface area contributed by atoms with E-state index in [4.69, 9.17) is 24.8 Å². The number of carbonyl (C=O) groups excluding carboxylic acids is 1. The van der Waals surface area contributed by atoms with Gasteiger partial charge in [0.15, 0.2) is 5.11 Å². The van der Waals surface area contributed by atoms with E-state index >= 15 is 0 Å². The van der Waals surface area contributed by atoms with Gasteiger partial charge < -0.3 is 42.9 Å². The number of anilines is 1. The molecule has 0 amide bonds. The molecule has 7 heteroatoms. The molecule has 1 rings (SSSR count). The van der Waals surface area contributed by atoms with Gasteiger partial charge in [-0.1, -0.05) is 18.2 Å². The Hall–Kier alpha value is 1.67. The quantitative estimate of drug-likeness (QED) is 0.229. The summed E-state index contributed by atoms with van der Waals surface area (Å²) < 4.78 is 0. The molecule has 0 aliphatic rings. The smallest absolute Gasteiger partial charge is 0.761 e. The predicted molar refractivity (Wildman–Crippen MR) is 75.8 cm³/mol. The number of hydrogen-bond acceptors (Lipinski definition) is 3. The second-order valence-corrected chi connectivity index (χ2v) is 3.44. The van der Waals surface area contributed by atoms with Crippen LogP contribution in [0.3, 0.4) is 0 Å². The van der Waals surface area contributed by atoms with Gasteiger partial charge in [0.2, 0.25) is 0 Å². The van der Waals surface area contributed by atoms with Crippen LogP contribution in [-0.4, -0.2) is 16.8 Å². The van der Waals surface area contributed by atoms with E-state index in [0.717, 1.165) is 5.69 Å². The maximum Gasteiger partial charge on any atom is 1.00 e. The third-order valence-corrected chi connectivity index (χ3v) is 1.88. The van der Waals surface area contributed by atoms with Crippen LogP contribution in [0.2, 0.25) is 0 Å². The maximum atomic E-state index is 10.2. The molecule has 0 saturated carbocycles. The second kappa shape index (κ2) is 16.7. The first kappa shape index (κ1) is 27.9. The fraction of sp³-hybridized carbons (Fsp3) is 0.0909. The van der Waals surface area contributed by atoms with Crippen molar-refractivity contribution in [1.29, 1.82) is 0 Å². The summed E-state index contributed by atoms with van der Waals surface area (Å²) in [4.78, 5) is 10.2. The van der Waals surface area contributed by atoms with E-state index in [1.54, 1.807) is 0 Å². The van der Waals surface area contributed by atoms with Gasteiger partial charge >= 0.3 is 51.4 Å². The van der Waals surface area contributed by atoms with Crippen LogP contribution in [-0.2, 0) is 50.1 Å². The Bertz CT molecular complexity index is 328. The van der Waals surface area contributed by atoms with Crippen LogP contribution in [0.4, 0.5) is 5.69 Å². The van der Waals surface area contributed by atoms with E-state index in [1.807, 2.05) is 30.3 Å². The van der Waals surface area contributed by atoms with E-state index in [9.17, 15) is 4.79 Å². The van der Waals surface area contributed by atoms with Crippen LogP contribution >= 0.6 is 12.2 Å². The zero-order valence-corrected chi connectivity index (χ0v) is 18.4. The van der Waals surface area contributed by atoms with Crippen molar-refractivity contribution < 1.29 is 88.9 Å². The predicted octanol–water partition coefficient (Wildman–Crippen LogP) is -1.05. The van der Waals surface area contributed by atoms with Crippen molar-refractivity contribution in [3.63, 3.8) is 0 Å². The minimum absolute atomic E-state index is 0. The van der Waals surface area contributed by atoms with Gasteiger partial charge in [0.25, 0.3) is 0 Å². The summed E-state index contributed by atoms with van der Waals surface area (Å²) >= 11 is 9.66. The molecule has 0 heterocycles. The number of nitrogens with one attached hydrogen (secondary N) is 2. The van der Waals surface area contributed by atoms with Crippen molar-refractivity contribution in [3.05, 3.63) is 45.2 Å². The Morgan fingerprint density at radius 3 is 2.22 bits per heavy atom. The summed E-state index contributed by atoms with van der Waals surface area (Å²) in [7, 11) is 0. The topological polar surface area (TPSA) is 41.1 Å². The van der Waals surface area contributed by atoms with Gasteiger partial charge in [0.05, 0.1) is 0 Å². The van der Waals surface area contributed by atoms with Crippen LogP contribution in [0.25, 0.3) is 0 Å². The number of carbonyl (C=O) groups is 1.